The minimum absolute atomic E-state index is 0.199. The fourth-order valence-corrected chi connectivity index (χ4v) is 2.20. The molecule has 0 bridgehead atoms. The molecule has 0 radical (unpaired) electrons. The molecule has 0 aliphatic carbocycles. The van der Waals surface area contributed by atoms with Gasteiger partial charge in [-0.3, -0.25) is 4.79 Å². The normalized spacial score (nSPS) is 9.70. The molecule has 2 aromatic heterocycles. The van der Waals surface area contributed by atoms with E-state index in [4.69, 9.17) is 5.11 Å². The van der Waals surface area contributed by atoms with Gasteiger partial charge >= 0.3 is 0 Å². The molecule has 0 unspecified atom stereocenters. The van der Waals surface area contributed by atoms with Crippen LogP contribution in [0, 0.1) is 18.8 Å². The summed E-state index contributed by atoms with van der Waals surface area (Å²) in [5, 5.41) is 12.2. The molecule has 0 atom stereocenters. The molecule has 6 heteroatoms. The fourth-order valence-electron chi connectivity index (χ4n) is 1.47. The molecule has 102 valence electrons. The third kappa shape index (κ3) is 3.88. The van der Waals surface area contributed by atoms with E-state index in [1.165, 1.54) is 6.20 Å². The summed E-state index contributed by atoms with van der Waals surface area (Å²) in [6.07, 6.45) is 3.28. The Bertz CT molecular complexity index is 653. The van der Waals surface area contributed by atoms with Gasteiger partial charge < -0.3 is 10.4 Å². The summed E-state index contributed by atoms with van der Waals surface area (Å²) in [4.78, 5) is 21.2. The Morgan fingerprint density at radius 3 is 2.85 bits per heavy atom. The van der Waals surface area contributed by atoms with Crippen molar-refractivity contribution in [3.8, 4) is 11.8 Å². The van der Waals surface area contributed by atoms with Gasteiger partial charge in [0.2, 0.25) is 0 Å². The maximum atomic E-state index is 11.9. The number of carbonyl (C=O) groups excluding carboxylic acids is 1. The predicted octanol–water partition coefficient (Wildman–Crippen LogP) is 1.12. The van der Waals surface area contributed by atoms with Crippen LogP contribution in [0.25, 0.3) is 0 Å². The second-order valence-electron chi connectivity index (χ2n) is 3.94. The molecule has 2 heterocycles. The van der Waals surface area contributed by atoms with Crippen molar-refractivity contribution in [1.29, 1.82) is 0 Å². The van der Waals surface area contributed by atoms with Crippen LogP contribution in [0.5, 0.6) is 0 Å². The van der Waals surface area contributed by atoms with Crippen molar-refractivity contribution in [2.24, 2.45) is 0 Å². The van der Waals surface area contributed by atoms with Crippen LogP contribution < -0.4 is 5.32 Å². The highest BCUT2D eigenvalue weighted by atomic mass is 32.1. The van der Waals surface area contributed by atoms with Gasteiger partial charge in [0.15, 0.2) is 0 Å². The van der Waals surface area contributed by atoms with Crippen molar-refractivity contribution in [3.63, 3.8) is 0 Å². The van der Waals surface area contributed by atoms with Gasteiger partial charge in [-0.2, -0.15) is 0 Å². The molecule has 2 rings (SSSR count). The highest BCUT2D eigenvalue weighted by Gasteiger charge is 2.07. The maximum absolute atomic E-state index is 11.9. The lowest BCUT2D eigenvalue weighted by molar-refractivity contribution is 0.0946. The first-order chi connectivity index (χ1) is 9.69. The van der Waals surface area contributed by atoms with Gasteiger partial charge in [0, 0.05) is 22.8 Å². The molecular formula is C14H13N3O2S. The van der Waals surface area contributed by atoms with E-state index in [-0.39, 0.29) is 12.5 Å². The molecular weight excluding hydrogens is 274 g/mol. The van der Waals surface area contributed by atoms with Gasteiger partial charge in [-0.15, -0.1) is 11.3 Å². The van der Waals surface area contributed by atoms with E-state index in [1.807, 2.05) is 6.92 Å². The van der Waals surface area contributed by atoms with Crippen LogP contribution in [0.2, 0.25) is 0 Å². The summed E-state index contributed by atoms with van der Waals surface area (Å²) in [5.41, 5.74) is 0.985. The largest absolute Gasteiger partial charge is 0.384 e. The highest BCUT2D eigenvalue weighted by Crippen LogP contribution is 2.10. The zero-order valence-electron chi connectivity index (χ0n) is 10.9. The summed E-state index contributed by atoms with van der Waals surface area (Å²) >= 11 is 1.55. The standard InChI is InChI=1S/C14H13N3O2S/c1-10-7-16-13(20-10)9-17-14(19)12-5-4-11(8-15-12)3-2-6-18/h4-5,7-8,18H,6,9H2,1H3,(H,17,19). The molecule has 0 aliphatic heterocycles. The van der Waals surface area contributed by atoms with Crippen molar-refractivity contribution in [1.82, 2.24) is 15.3 Å². The van der Waals surface area contributed by atoms with Crippen LogP contribution in [0.4, 0.5) is 0 Å². The Morgan fingerprint density at radius 1 is 1.40 bits per heavy atom. The third-order valence-corrected chi connectivity index (χ3v) is 3.29. The van der Waals surface area contributed by atoms with Crippen LogP contribution in [0.3, 0.4) is 0 Å². The van der Waals surface area contributed by atoms with Gasteiger partial charge in [-0.05, 0) is 19.1 Å². The number of aromatic nitrogens is 2. The molecule has 0 fully saturated rings. The number of aliphatic hydroxyl groups excluding tert-OH is 1. The monoisotopic (exact) mass is 287 g/mol. The molecule has 0 aromatic carbocycles. The van der Waals surface area contributed by atoms with Crippen LogP contribution in [-0.4, -0.2) is 27.6 Å². The van der Waals surface area contributed by atoms with E-state index in [0.717, 1.165) is 9.88 Å². The first-order valence-corrected chi connectivity index (χ1v) is 6.76. The van der Waals surface area contributed by atoms with Crippen LogP contribution in [0.1, 0.15) is 25.9 Å². The van der Waals surface area contributed by atoms with E-state index in [1.54, 1.807) is 29.7 Å². The highest BCUT2D eigenvalue weighted by molar-refractivity contribution is 7.11. The van der Waals surface area contributed by atoms with Crippen LogP contribution in [0.15, 0.2) is 24.5 Å². The number of carbonyl (C=O) groups is 1. The van der Waals surface area contributed by atoms with Crippen molar-refractivity contribution in [2.45, 2.75) is 13.5 Å². The topological polar surface area (TPSA) is 75.1 Å². The predicted molar refractivity (Wildman–Crippen MR) is 76.2 cm³/mol. The average Bonchev–Trinajstić information content (AvgIpc) is 2.89. The van der Waals surface area contributed by atoms with Crippen LogP contribution in [-0.2, 0) is 6.54 Å². The van der Waals surface area contributed by atoms with E-state index in [0.29, 0.717) is 17.8 Å². The Kier molecular flexibility index (Phi) is 4.82. The lowest BCUT2D eigenvalue weighted by Crippen LogP contribution is -2.23. The molecule has 2 N–H and O–H groups in total. The van der Waals surface area contributed by atoms with Crippen molar-refractivity contribution < 1.29 is 9.90 Å². The molecule has 2 aromatic rings. The van der Waals surface area contributed by atoms with Gasteiger partial charge in [0.05, 0.1) is 6.54 Å². The number of hydrogen-bond acceptors (Lipinski definition) is 5. The minimum Gasteiger partial charge on any atom is -0.384 e. The van der Waals surface area contributed by atoms with Gasteiger partial charge in [0.1, 0.15) is 17.3 Å². The molecule has 0 saturated carbocycles. The number of aliphatic hydroxyl groups is 1. The van der Waals surface area contributed by atoms with Gasteiger partial charge in [-0.1, -0.05) is 11.8 Å². The fraction of sp³-hybridized carbons (Fsp3) is 0.214. The second-order valence-corrected chi connectivity index (χ2v) is 5.26. The van der Waals surface area contributed by atoms with E-state index >= 15 is 0 Å². The molecule has 20 heavy (non-hydrogen) atoms. The Morgan fingerprint density at radius 2 is 2.25 bits per heavy atom. The van der Waals surface area contributed by atoms with E-state index < -0.39 is 0 Å². The van der Waals surface area contributed by atoms with Crippen molar-refractivity contribution in [3.05, 3.63) is 45.7 Å². The van der Waals surface area contributed by atoms with Gasteiger partial charge in [0.25, 0.3) is 5.91 Å². The smallest absolute Gasteiger partial charge is 0.270 e. The van der Waals surface area contributed by atoms with E-state index in [2.05, 4.69) is 27.1 Å². The summed E-state index contributed by atoms with van der Waals surface area (Å²) in [5.74, 6) is 4.99. The molecule has 0 aliphatic rings. The summed E-state index contributed by atoms with van der Waals surface area (Å²) in [6.45, 7) is 2.16. The number of thiazole rings is 1. The number of hydrogen-bond donors (Lipinski definition) is 2. The quantitative estimate of drug-likeness (QED) is 0.830. The number of aryl methyl sites for hydroxylation is 1. The molecule has 5 nitrogen and oxygen atoms in total. The Labute approximate surface area is 120 Å². The average molecular weight is 287 g/mol. The summed E-state index contributed by atoms with van der Waals surface area (Å²) in [6, 6.07) is 3.29. The lowest BCUT2D eigenvalue weighted by atomic mass is 10.2. The summed E-state index contributed by atoms with van der Waals surface area (Å²) in [7, 11) is 0. The minimum atomic E-state index is -0.250. The zero-order valence-corrected chi connectivity index (χ0v) is 11.7. The number of nitrogens with zero attached hydrogens (tertiary/aromatic N) is 2. The Balaban J connectivity index is 1.95. The van der Waals surface area contributed by atoms with Crippen LogP contribution >= 0.6 is 11.3 Å². The summed E-state index contributed by atoms with van der Waals surface area (Å²) < 4.78 is 0. The SMILES string of the molecule is Cc1cnc(CNC(=O)c2ccc(C#CCO)cn2)s1. The van der Waals surface area contributed by atoms with Gasteiger partial charge in [-0.25, -0.2) is 9.97 Å². The lowest BCUT2D eigenvalue weighted by Gasteiger charge is -2.02. The molecule has 0 saturated heterocycles. The first kappa shape index (κ1) is 14.2. The zero-order chi connectivity index (χ0) is 14.4. The van der Waals surface area contributed by atoms with E-state index in [9.17, 15) is 4.79 Å². The number of nitrogens with one attached hydrogen (secondary N) is 1. The first-order valence-electron chi connectivity index (χ1n) is 5.94. The molecule has 1 amide bonds. The molecule has 0 spiro atoms. The number of rotatable bonds is 3. The number of amides is 1. The Hall–Kier alpha value is -2.23. The third-order valence-electron chi connectivity index (χ3n) is 2.38. The maximum Gasteiger partial charge on any atom is 0.270 e. The van der Waals surface area contributed by atoms with Crippen molar-refractivity contribution in [2.75, 3.05) is 6.61 Å². The second kappa shape index (κ2) is 6.80. The van der Waals surface area contributed by atoms with Crippen molar-refractivity contribution >= 4 is 17.2 Å². The number of pyridine rings is 1.